The number of nitrogens with zero attached hydrogens (tertiary/aromatic N) is 1. The molecule has 0 unspecified atom stereocenters. The largest absolute Gasteiger partial charge is 0.449 e. The second-order valence-electron chi connectivity index (χ2n) is 5.18. The maximum absolute atomic E-state index is 12.1. The number of H-pyrrole nitrogens is 1. The molecule has 1 atom stereocenters. The average molecular weight is 366 g/mol. The first-order valence-electron chi connectivity index (χ1n) is 7.02. The summed E-state index contributed by atoms with van der Waals surface area (Å²) in [5.41, 5.74) is 1.12. The van der Waals surface area contributed by atoms with Crippen molar-refractivity contribution in [1.82, 2.24) is 15.3 Å². The maximum atomic E-state index is 12.1. The van der Waals surface area contributed by atoms with Crippen LogP contribution in [0.3, 0.4) is 0 Å². The second-order valence-corrected chi connectivity index (χ2v) is 6.10. The molecule has 0 aliphatic heterocycles. The molecule has 3 aromatic rings. The number of rotatable bonds is 5. The van der Waals surface area contributed by atoms with E-state index in [9.17, 15) is 9.90 Å². The van der Waals surface area contributed by atoms with Crippen LogP contribution in [0, 0.1) is 0 Å². The van der Waals surface area contributed by atoms with Gasteiger partial charge in [-0.1, -0.05) is 15.9 Å². The van der Waals surface area contributed by atoms with Crippen LogP contribution in [-0.2, 0) is 6.42 Å². The zero-order valence-electron chi connectivity index (χ0n) is 12.0. The fourth-order valence-electron chi connectivity index (χ4n) is 2.43. The topological polar surface area (TPSA) is 91.2 Å². The molecule has 3 rings (SSSR count). The van der Waals surface area contributed by atoms with Crippen molar-refractivity contribution in [1.29, 1.82) is 0 Å². The Balaban J connectivity index is 2.01. The number of aliphatic hydroxyl groups is 1. The van der Waals surface area contributed by atoms with Crippen molar-refractivity contribution in [3.05, 3.63) is 38.9 Å². The number of benzene rings is 1. The first-order chi connectivity index (χ1) is 10.6. The monoisotopic (exact) mass is 365 g/mol. The van der Waals surface area contributed by atoms with E-state index in [1.807, 2.05) is 12.1 Å². The van der Waals surface area contributed by atoms with Crippen LogP contribution in [0.15, 0.2) is 31.9 Å². The molecule has 0 fully saturated rings. The number of aromatic nitrogens is 2. The third-order valence-electron chi connectivity index (χ3n) is 3.49. The number of furan rings is 1. The van der Waals surface area contributed by atoms with Gasteiger partial charge in [-0.25, -0.2) is 4.98 Å². The van der Waals surface area contributed by atoms with E-state index in [-0.39, 0.29) is 11.1 Å². The summed E-state index contributed by atoms with van der Waals surface area (Å²) >= 11 is 3.41. The fourth-order valence-corrected chi connectivity index (χ4v) is 2.79. The summed E-state index contributed by atoms with van der Waals surface area (Å²) in [6, 6.07) is 5.54. The highest BCUT2D eigenvalue weighted by atomic mass is 79.9. The van der Waals surface area contributed by atoms with Crippen LogP contribution in [0.1, 0.15) is 12.2 Å². The molecule has 6 nitrogen and oxygen atoms in total. The SMILES string of the molecule is CNC[C@@H](O)CCc1nc2c(oc3ccc(Br)cc32)c(=O)[nH]1. The zero-order chi connectivity index (χ0) is 15.7. The van der Waals surface area contributed by atoms with Crippen molar-refractivity contribution in [2.75, 3.05) is 13.6 Å². The van der Waals surface area contributed by atoms with Crippen LogP contribution in [0.4, 0.5) is 0 Å². The first-order valence-corrected chi connectivity index (χ1v) is 7.81. The Kier molecular flexibility index (Phi) is 4.28. The minimum atomic E-state index is -0.471. The molecular formula is C15H16BrN3O3. The Morgan fingerprint density at radius 1 is 1.50 bits per heavy atom. The minimum absolute atomic E-state index is 0.229. The summed E-state index contributed by atoms with van der Waals surface area (Å²) in [6.45, 7) is 0.508. The van der Waals surface area contributed by atoms with Gasteiger partial charge in [-0.05, 0) is 31.7 Å². The molecule has 2 heterocycles. The molecule has 1 aromatic carbocycles. The highest BCUT2D eigenvalue weighted by Gasteiger charge is 2.14. The first kappa shape index (κ1) is 15.2. The van der Waals surface area contributed by atoms with E-state index in [0.29, 0.717) is 36.3 Å². The summed E-state index contributed by atoms with van der Waals surface area (Å²) in [6.07, 6.45) is 0.546. The van der Waals surface area contributed by atoms with Gasteiger partial charge in [0.2, 0.25) is 5.58 Å². The molecule has 0 radical (unpaired) electrons. The molecule has 7 heteroatoms. The van der Waals surface area contributed by atoms with Gasteiger partial charge in [-0.3, -0.25) is 4.79 Å². The van der Waals surface area contributed by atoms with Crippen LogP contribution in [0.5, 0.6) is 0 Å². The number of aromatic amines is 1. The molecule has 3 N–H and O–H groups in total. The van der Waals surface area contributed by atoms with E-state index < -0.39 is 6.10 Å². The van der Waals surface area contributed by atoms with Gasteiger partial charge in [0.15, 0.2) is 0 Å². The number of aliphatic hydroxyl groups excluding tert-OH is 1. The Morgan fingerprint density at radius 3 is 3.09 bits per heavy atom. The Hall–Kier alpha value is -1.70. The van der Waals surface area contributed by atoms with E-state index in [2.05, 4.69) is 31.2 Å². The molecular weight excluding hydrogens is 350 g/mol. The van der Waals surface area contributed by atoms with Gasteiger partial charge in [-0.15, -0.1) is 0 Å². The van der Waals surface area contributed by atoms with Gasteiger partial charge >= 0.3 is 0 Å². The lowest BCUT2D eigenvalue weighted by Gasteiger charge is -2.08. The highest BCUT2D eigenvalue weighted by Crippen LogP contribution is 2.27. The molecule has 116 valence electrons. The Morgan fingerprint density at radius 2 is 2.32 bits per heavy atom. The van der Waals surface area contributed by atoms with Gasteiger partial charge in [0.05, 0.1) is 6.10 Å². The lowest BCUT2D eigenvalue weighted by molar-refractivity contribution is 0.164. The second kappa shape index (κ2) is 6.20. The van der Waals surface area contributed by atoms with Crippen LogP contribution >= 0.6 is 15.9 Å². The summed E-state index contributed by atoms with van der Waals surface area (Å²) < 4.78 is 6.47. The van der Waals surface area contributed by atoms with Gasteiger partial charge in [0.1, 0.15) is 16.9 Å². The van der Waals surface area contributed by atoms with E-state index in [4.69, 9.17) is 4.42 Å². The summed E-state index contributed by atoms with van der Waals surface area (Å²) in [4.78, 5) is 19.4. The third kappa shape index (κ3) is 2.92. The highest BCUT2D eigenvalue weighted by molar-refractivity contribution is 9.10. The fraction of sp³-hybridized carbons (Fsp3) is 0.333. The Bertz CT molecular complexity index is 871. The quantitative estimate of drug-likeness (QED) is 0.642. The van der Waals surface area contributed by atoms with Gasteiger partial charge in [0, 0.05) is 22.8 Å². The van der Waals surface area contributed by atoms with Crippen molar-refractivity contribution in [3.63, 3.8) is 0 Å². The standard InChI is InChI=1S/C15H16BrN3O3/c1-17-7-9(20)3-5-12-18-13-10-6-8(16)2-4-11(10)22-14(13)15(21)19-12/h2,4,6,9,17,20H,3,5,7H2,1H3,(H,18,19,21)/t9-/m0/s1. The van der Waals surface area contributed by atoms with Crippen molar-refractivity contribution in [3.8, 4) is 0 Å². The lowest BCUT2D eigenvalue weighted by Crippen LogP contribution is -2.24. The molecule has 0 aliphatic rings. The van der Waals surface area contributed by atoms with Gasteiger partial charge < -0.3 is 19.8 Å². The molecule has 0 bridgehead atoms. The number of hydrogen-bond donors (Lipinski definition) is 3. The molecule has 0 spiro atoms. The zero-order valence-corrected chi connectivity index (χ0v) is 13.6. The average Bonchev–Trinajstić information content (AvgIpc) is 2.84. The number of fused-ring (bicyclic) bond motifs is 3. The van der Waals surface area contributed by atoms with Gasteiger partial charge in [0.25, 0.3) is 5.56 Å². The third-order valence-corrected chi connectivity index (χ3v) is 3.98. The van der Waals surface area contributed by atoms with Crippen molar-refractivity contribution >= 4 is 38.0 Å². The molecule has 0 saturated heterocycles. The predicted molar refractivity (Wildman–Crippen MR) is 88.1 cm³/mol. The van der Waals surface area contributed by atoms with E-state index in [1.54, 1.807) is 13.1 Å². The molecule has 2 aromatic heterocycles. The van der Waals surface area contributed by atoms with Crippen LogP contribution in [0.2, 0.25) is 0 Å². The van der Waals surface area contributed by atoms with Crippen LogP contribution in [0.25, 0.3) is 22.1 Å². The van der Waals surface area contributed by atoms with Crippen molar-refractivity contribution < 1.29 is 9.52 Å². The normalized spacial score (nSPS) is 13.0. The molecule has 0 saturated carbocycles. The summed E-state index contributed by atoms with van der Waals surface area (Å²) in [7, 11) is 1.78. The van der Waals surface area contributed by atoms with E-state index in [0.717, 1.165) is 9.86 Å². The van der Waals surface area contributed by atoms with Gasteiger partial charge in [-0.2, -0.15) is 0 Å². The number of aryl methyl sites for hydroxylation is 1. The predicted octanol–water partition coefficient (Wildman–Crippen LogP) is 1.94. The van der Waals surface area contributed by atoms with E-state index in [1.165, 1.54) is 0 Å². The summed E-state index contributed by atoms with van der Waals surface area (Å²) in [5.74, 6) is 0.551. The molecule has 0 aliphatic carbocycles. The van der Waals surface area contributed by atoms with Crippen molar-refractivity contribution in [2.24, 2.45) is 0 Å². The van der Waals surface area contributed by atoms with Crippen molar-refractivity contribution in [2.45, 2.75) is 18.9 Å². The van der Waals surface area contributed by atoms with E-state index >= 15 is 0 Å². The van der Waals surface area contributed by atoms with Crippen LogP contribution in [-0.4, -0.2) is 34.8 Å². The number of likely N-dealkylation sites (N-methyl/N-ethyl adjacent to an activating group) is 1. The number of nitrogens with one attached hydrogen (secondary N) is 2. The maximum Gasteiger partial charge on any atom is 0.294 e. The Labute approximate surface area is 134 Å². The van der Waals surface area contributed by atoms with Crippen LogP contribution < -0.4 is 10.9 Å². The smallest absolute Gasteiger partial charge is 0.294 e. The summed E-state index contributed by atoms with van der Waals surface area (Å²) in [5, 5.41) is 13.5. The molecule has 0 amide bonds. The lowest BCUT2D eigenvalue weighted by atomic mass is 10.2. The molecule has 22 heavy (non-hydrogen) atoms. The number of halogens is 1. The number of hydrogen-bond acceptors (Lipinski definition) is 5. The minimum Gasteiger partial charge on any atom is -0.449 e.